The number of hydrogen-bond donors (Lipinski definition) is 0. The van der Waals surface area contributed by atoms with Crippen molar-refractivity contribution in [2.45, 2.75) is 31.8 Å². The molecule has 0 N–H and O–H groups in total. The lowest BCUT2D eigenvalue weighted by molar-refractivity contribution is -0.139. The summed E-state index contributed by atoms with van der Waals surface area (Å²) in [5, 5.41) is 0. The van der Waals surface area contributed by atoms with Gasteiger partial charge in [0.2, 0.25) is 5.91 Å². The van der Waals surface area contributed by atoms with Gasteiger partial charge in [-0.25, -0.2) is 9.97 Å². The summed E-state index contributed by atoms with van der Waals surface area (Å²) in [6.07, 6.45) is 12.0. The van der Waals surface area contributed by atoms with Crippen molar-refractivity contribution < 1.29 is 9.53 Å². The van der Waals surface area contributed by atoms with Gasteiger partial charge in [0.05, 0.1) is 6.54 Å². The van der Waals surface area contributed by atoms with Gasteiger partial charge in [0.15, 0.2) is 5.82 Å². The van der Waals surface area contributed by atoms with Crippen LogP contribution < -0.4 is 9.64 Å². The molecule has 4 unspecified atom stereocenters. The first kappa shape index (κ1) is 16.4. The van der Waals surface area contributed by atoms with Crippen LogP contribution in [0, 0.1) is 17.8 Å². The molecule has 3 aliphatic rings. The van der Waals surface area contributed by atoms with Gasteiger partial charge in [-0.3, -0.25) is 4.79 Å². The Labute approximate surface area is 148 Å². The third-order valence-electron chi connectivity index (χ3n) is 5.63. The van der Waals surface area contributed by atoms with Crippen LogP contribution in [0.3, 0.4) is 0 Å². The average Bonchev–Trinajstić information content (AvgIpc) is 3.25. The zero-order chi connectivity index (χ0) is 17.4. The van der Waals surface area contributed by atoms with Crippen LogP contribution in [0.4, 0.5) is 5.82 Å². The zero-order valence-corrected chi connectivity index (χ0v) is 15.0. The number of hydrogen-bond acceptors (Lipinski definition) is 5. The van der Waals surface area contributed by atoms with Crippen molar-refractivity contribution in [3.05, 3.63) is 24.5 Å². The molecule has 4 atom stereocenters. The lowest BCUT2D eigenvalue weighted by Crippen LogP contribution is -2.47. The standard InChI is InChI=1S/C19H26N4O2/c1-22(2)17-18(21-8-7-20-17)25-15-4-3-9-23(12-15)19(24)16-11-13-5-6-14(16)10-13/h5-8,13-16H,3-4,9-12H2,1-2H3. The van der Waals surface area contributed by atoms with Crippen molar-refractivity contribution in [3.63, 3.8) is 0 Å². The first-order valence-corrected chi connectivity index (χ1v) is 9.24. The van der Waals surface area contributed by atoms with Gasteiger partial charge in [-0.2, -0.15) is 0 Å². The van der Waals surface area contributed by atoms with Crippen molar-refractivity contribution in [3.8, 4) is 5.88 Å². The smallest absolute Gasteiger partial charge is 0.257 e. The number of carbonyl (C=O) groups is 1. The molecule has 2 aliphatic carbocycles. The number of carbonyl (C=O) groups excluding carboxylic acids is 1. The van der Waals surface area contributed by atoms with Crippen LogP contribution >= 0.6 is 0 Å². The van der Waals surface area contributed by atoms with Gasteiger partial charge in [-0.1, -0.05) is 12.2 Å². The Balaban J connectivity index is 1.41. The normalized spacial score (nSPS) is 30.6. The number of allylic oxidation sites excluding steroid dienone is 2. The summed E-state index contributed by atoms with van der Waals surface area (Å²) in [5.74, 6) is 2.86. The van der Waals surface area contributed by atoms with Crippen LogP contribution in [0.5, 0.6) is 5.88 Å². The number of likely N-dealkylation sites (tertiary alicyclic amines) is 1. The summed E-state index contributed by atoms with van der Waals surface area (Å²) in [6, 6.07) is 0. The highest BCUT2D eigenvalue weighted by Gasteiger charge is 2.42. The van der Waals surface area contributed by atoms with E-state index in [4.69, 9.17) is 4.74 Å². The second kappa shape index (κ2) is 6.65. The molecule has 0 radical (unpaired) electrons. The van der Waals surface area contributed by atoms with Crippen molar-refractivity contribution in [2.75, 3.05) is 32.1 Å². The van der Waals surface area contributed by atoms with E-state index >= 15 is 0 Å². The van der Waals surface area contributed by atoms with Crippen molar-refractivity contribution in [2.24, 2.45) is 17.8 Å². The van der Waals surface area contributed by atoms with Gasteiger partial charge in [0.1, 0.15) is 6.10 Å². The number of fused-ring (bicyclic) bond motifs is 2. The molecule has 1 aliphatic heterocycles. The third kappa shape index (κ3) is 3.22. The fourth-order valence-corrected chi connectivity index (χ4v) is 4.40. The Bertz CT molecular complexity index is 675. The minimum atomic E-state index is -0.0118. The number of rotatable bonds is 4. The van der Waals surface area contributed by atoms with Crippen LogP contribution in [0.2, 0.25) is 0 Å². The van der Waals surface area contributed by atoms with E-state index in [-0.39, 0.29) is 12.0 Å². The molecule has 2 fully saturated rings. The maximum absolute atomic E-state index is 13.0. The highest BCUT2D eigenvalue weighted by Crippen LogP contribution is 2.44. The molecule has 0 aromatic carbocycles. The molecule has 1 aromatic rings. The number of nitrogens with zero attached hydrogens (tertiary/aromatic N) is 4. The van der Waals surface area contributed by atoms with Crippen LogP contribution in [0.25, 0.3) is 0 Å². The highest BCUT2D eigenvalue weighted by molar-refractivity contribution is 5.80. The van der Waals surface area contributed by atoms with E-state index in [9.17, 15) is 4.79 Å². The number of ether oxygens (including phenoxy) is 1. The van der Waals surface area contributed by atoms with Crippen LogP contribution in [-0.2, 0) is 4.79 Å². The lowest BCUT2D eigenvalue weighted by Gasteiger charge is -2.35. The van der Waals surface area contributed by atoms with Gasteiger partial charge < -0.3 is 14.5 Å². The van der Waals surface area contributed by atoms with Crippen LogP contribution in [0.1, 0.15) is 25.7 Å². The second-order valence-electron chi connectivity index (χ2n) is 7.63. The minimum Gasteiger partial charge on any atom is -0.470 e. The highest BCUT2D eigenvalue weighted by atomic mass is 16.5. The molecular weight excluding hydrogens is 316 g/mol. The number of anilines is 1. The largest absolute Gasteiger partial charge is 0.470 e. The molecule has 134 valence electrons. The summed E-state index contributed by atoms with van der Waals surface area (Å²) in [7, 11) is 3.85. The number of amides is 1. The molecule has 1 aromatic heterocycles. The molecule has 6 heteroatoms. The fourth-order valence-electron chi connectivity index (χ4n) is 4.40. The third-order valence-corrected chi connectivity index (χ3v) is 5.63. The molecule has 2 heterocycles. The second-order valence-corrected chi connectivity index (χ2v) is 7.63. The van der Waals surface area contributed by atoms with E-state index in [1.165, 1.54) is 0 Å². The first-order chi connectivity index (χ1) is 12.1. The van der Waals surface area contributed by atoms with Crippen molar-refractivity contribution in [1.29, 1.82) is 0 Å². The van der Waals surface area contributed by atoms with E-state index in [0.717, 1.165) is 38.0 Å². The van der Waals surface area contributed by atoms with E-state index in [1.807, 2.05) is 23.9 Å². The summed E-state index contributed by atoms with van der Waals surface area (Å²) in [5.41, 5.74) is 0. The van der Waals surface area contributed by atoms with E-state index in [0.29, 0.717) is 30.2 Å². The number of piperidine rings is 1. The quantitative estimate of drug-likeness (QED) is 0.785. The van der Waals surface area contributed by atoms with E-state index in [1.54, 1.807) is 12.4 Å². The topological polar surface area (TPSA) is 58.6 Å². The maximum atomic E-state index is 13.0. The minimum absolute atomic E-state index is 0.0118. The Hall–Kier alpha value is -2.11. The predicted molar refractivity (Wildman–Crippen MR) is 95.4 cm³/mol. The summed E-state index contributed by atoms with van der Waals surface area (Å²) in [4.78, 5) is 25.5. The molecule has 1 saturated heterocycles. The Morgan fingerprint density at radius 2 is 2.08 bits per heavy atom. The van der Waals surface area contributed by atoms with Gasteiger partial charge in [0.25, 0.3) is 5.88 Å². The predicted octanol–water partition coefficient (Wildman–Crippen LogP) is 2.12. The summed E-state index contributed by atoms with van der Waals surface area (Å²) < 4.78 is 6.13. The van der Waals surface area contributed by atoms with Gasteiger partial charge in [-0.05, 0) is 37.5 Å². The van der Waals surface area contributed by atoms with Gasteiger partial charge in [0, 0.05) is 39.0 Å². The molecule has 2 bridgehead atoms. The van der Waals surface area contributed by atoms with Crippen molar-refractivity contribution >= 4 is 11.7 Å². The summed E-state index contributed by atoms with van der Waals surface area (Å²) >= 11 is 0. The SMILES string of the molecule is CN(C)c1nccnc1OC1CCCN(C(=O)C2CC3C=CC2C3)C1. The molecule has 4 rings (SSSR count). The van der Waals surface area contributed by atoms with E-state index in [2.05, 4.69) is 22.1 Å². The van der Waals surface area contributed by atoms with Crippen molar-refractivity contribution in [1.82, 2.24) is 14.9 Å². The van der Waals surface area contributed by atoms with Gasteiger partial charge >= 0.3 is 0 Å². The average molecular weight is 342 g/mol. The van der Waals surface area contributed by atoms with Crippen LogP contribution in [-0.4, -0.2) is 54.1 Å². The van der Waals surface area contributed by atoms with Gasteiger partial charge in [-0.15, -0.1) is 0 Å². The summed E-state index contributed by atoms with van der Waals surface area (Å²) in [6.45, 7) is 1.50. The Morgan fingerprint density at radius 3 is 2.80 bits per heavy atom. The Kier molecular flexibility index (Phi) is 4.36. The molecule has 1 saturated carbocycles. The maximum Gasteiger partial charge on any atom is 0.257 e. The molecule has 0 spiro atoms. The lowest BCUT2D eigenvalue weighted by atomic mass is 9.91. The monoisotopic (exact) mass is 342 g/mol. The molecular formula is C19H26N4O2. The molecule has 6 nitrogen and oxygen atoms in total. The number of aromatic nitrogens is 2. The van der Waals surface area contributed by atoms with E-state index < -0.39 is 0 Å². The Morgan fingerprint density at radius 1 is 1.24 bits per heavy atom. The first-order valence-electron chi connectivity index (χ1n) is 9.24. The molecule has 25 heavy (non-hydrogen) atoms. The zero-order valence-electron chi connectivity index (χ0n) is 15.0. The van der Waals surface area contributed by atoms with Crippen LogP contribution in [0.15, 0.2) is 24.5 Å². The fraction of sp³-hybridized carbons (Fsp3) is 0.632. The molecule has 1 amide bonds.